The molecular weight excluding hydrogens is 172 g/mol. The first kappa shape index (κ1) is 9.66. The van der Waals surface area contributed by atoms with E-state index in [4.69, 9.17) is 5.73 Å². The Kier molecular flexibility index (Phi) is 2.62. The molecular formula is C7H12N4O2. The Morgan fingerprint density at radius 3 is 2.92 bits per heavy atom. The van der Waals surface area contributed by atoms with E-state index in [9.17, 15) is 10.1 Å². The summed E-state index contributed by atoms with van der Waals surface area (Å²) in [7, 11) is 1.67. The molecule has 0 bridgehead atoms. The third kappa shape index (κ3) is 2.03. The molecule has 0 saturated heterocycles. The molecule has 1 aromatic rings. The van der Waals surface area contributed by atoms with E-state index < -0.39 is 4.92 Å². The van der Waals surface area contributed by atoms with E-state index in [-0.39, 0.29) is 11.7 Å². The van der Waals surface area contributed by atoms with Crippen LogP contribution in [-0.4, -0.2) is 20.7 Å². The highest BCUT2D eigenvalue weighted by Crippen LogP contribution is 2.17. The van der Waals surface area contributed by atoms with Gasteiger partial charge in [-0.15, -0.1) is 0 Å². The SMILES string of the molecule is C[C@@H](N)Cc1c([N+](=O)[O-])cnn1C. The van der Waals surface area contributed by atoms with E-state index in [1.807, 2.05) is 0 Å². The lowest BCUT2D eigenvalue weighted by molar-refractivity contribution is -0.385. The number of nitrogens with zero attached hydrogens (tertiary/aromatic N) is 3. The Morgan fingerprint density at radius 1 is 1.85 bits per heavy atom. The second-order valence-corrected chi connectivity index (χ2v) is 3.04. The summed E-state index contributed by atoms with van der Waals surface area (Å²) in [5.74, 6) is 0. The molecule has 0 aliphatic heterocycles. The Balaban J connectivity index is 3.01. The van der Waals surface area contributed by atoms with Crippen LogP contribution in [0.1, 0.15) is 12.6 Å². The number of hydrogen-bond acceptors (Lipinski definition) is 4. The molecule has 0 amide bonds. The normalized spacial score (nSPS) is 12.8. The summed E-state index contributed by atoms with van der Waals surface area (Å²) in [6.45, 7) is 1.80. The van der Waals surface area contributed by atoms with Gasteiger partial charge in [0, 0.05) is 19.5 Å². The summed E-state index contributed by atoms with van der Waals surface area (Å²) in [4.78, 5) is 10.1. The third-order valence-corrected chi connectivity index (χ3v) is 1.75. The number of aryl methyl sites for hydroxylation is 1. The monoisotopic (exact) mass is 184 g/mol. The molecule has 2 N–H and O–H groups in total. The average molecular weight is 184 g/mol. The molecule has 0 spiro atoms. The molecule has 1 rings (SSSR count). The quantitative estimate of drug-likeness (QED) is 0.537. The molecule has 72 valence electrons. The molecule has 0 aromatic carbocycles. The molecule has 6 nitrogen and oxygen atoms in total. The van der Waals surface area contributed by atoms with Gasteiger partial charge in [-0.1, -0.05) is 0 Å². The van der Waals surface area contributed by atoms with E-state index in [2.05, 4.69) is 5.10 Å². The predicted octanol–water partition coefficient (Wildman–Crippen LogP) is 0.218. The first-order valence-electron chi connectivity index (χ1n) is 3.93. The van der Waals surface area contributed by atoms with E-state index in [0.717, 1.165) is 0 Å². The molecule has 13 heavy (non-hydrogen) atoms. The highest BCUT2D eigenvalue weighted by Gasteiger charge is 2.19. The van der Waals surface area contributed by atoms with Crippen molar-refractivity contribution < 1.29 is 4.92 Å². The van der Waals surface area contributed by atoms with Crippen molar-refractivity contribution in [2.24, 2.45) is 12.8 Å². The van der Waals surface area contributed by atoms with Crippen molar-refractivity contribution in [1.29, 1.82) is 0 Å². The van der Waals surface area contributed by atoms with Crippen molar-refractivity contribution >= 4 is 5.69 Å². The highest BCUT2D eigenvalue weighted by atomic mass is 16.6. The Hall–Kier alpha value is -1.43. The second-order valence-electron chi connectivity index (χ2n) is 3.04. The maximum atomic E-state index is 10.5. The topological polar surface area (TPSA) is 87.0 Å². The fourth-order valence-electron chi connectivity index (χ4n) is 1.15. The summed E-state index contributed by atoms with van der Waals surface area (Å²) in [5, 5.41) is 14.3. The lowest BCUT2D eigenvalue weighted by Crippen LogP contribution is -2.20. The van der Waals surface area contributed by atoms with E-state index in [1.165, 1.54) is 10.9 Å². The number of nitro groups is 1. The minimum atomic E-state index is -0.440. The van der Waals surface area contributed by atoms with Crippen LogP contribution in [0.3, 0.4) is 0 Å². The van der Waals surface area contributed by atoms with Crippen molar-refractivity contribution in [2.45, 2.75) is 19.4 Å². The number of hydrogen-bond donors (Lipinski definition) is 1. The van der Waals surface area contributed by atoms with Gasteiger partial charge in [-0.25, -0.2) is 0 Å². The van der Waals surface area contributed by atoms with Gasteiger partial charge in [-0.2, -0.15) is 5.10 Å². The van der Waals surface area contributed by atoms with Crippen molar-refractivity contribution in [2.75, 3.05) is 0 Å². The molecule has 0 aliphatic carbocycles. The summed E-state index contributed by atoms with van der Waals surface area (Å²) in [6, 6.07) is -0.103. The molecule has 0 aliphatic rings. The predicted molar refractivity (Wildman–Crippen MR) is 47.2 cm³/mol. The fraction of sp³-hybridized carbons (Fsp3) is 0.571. The van der Waals surface area contributed by atoms with Crippen molar-refractivity contribution in [1.82, 2.24) is 9.78 Å². The van der Waals surface area contributed by atoms with Crippen LogP contribution in [0.2, 0.25) is 0 Å². The van der Waals surface area contributed by atoms with Gasteiger partial charge in [-0.3, -0.25) is 14.8 Å². The van der Waals surface area contributed by atoms with Crippen LogP contribution >= 0.6 is 0 Å². The van der Waals surface area contributed by atoms with Crippen LogP contribution in [0, 0.1) is 10.1 Å². The lowest BCUT2D eigenvalue weighted by atomic mass is 10.2. The average Bonchev–Trinajstić information content (AvgIpc) is 2.32. The molecule has 1 atom stereocenters. The molecule has 1 heterocycles. The number of rotatable bonds is 3. The van der Waals surface area contributed by atoms with Gasteiger partial charge in [0.25, 0.3) is 0 Å². The van der Waals surface area contributed by atoms with Crippen LogP contribution < -0.4 is 5.73 Å². The van der Waals surface area contributed by atoms with E-state index in [0.29, 0.717) is 12.1 Å². The Labute approximate surface area is 75.5 Å². The van der Waals surface area contributed by atoms with Crippen LogP contribution in [0.25, 0.3) is 0 Å². The van der Waals surface area contributed by atoms with Crippen LogP contribution in [0.15, 0.2) is 6.20 Å². The third-order valence-electron chi connectivity index (χ3n) is 1.75. The second kappa shape index (κ2) is 3.53. The summed E-state index contributed by atoms with van der Waals surface area (Å²) < 4.78 is 1.49. The van der Waals surface area contributed by atoms with Gasteiger partial charge >= 0.3 is 5.69 Å². The number of nitrogens with two attached hydrogens (primary N) is 1. The van der Waals surface area contributed by atoms with Gasteiger partial charge < -0.3 is 5.73 Å². The number of aromatic nitrogens is 2. The molecule has 0 saturated carbocycles. The summed E-state index contributed by atoms with van der Waals surface area (Å²) in [5.41, 5.74) is 6.17. The molecule has 0 radical (unpaired) electrons. The van der Waals surface area contributed by atoms with Gasteiger partial charge in [-0.05, 0) is 6.92 Å². The minimum Gasteiger partial charge on any atom is -0.328 e. The van der Waals surface area contributed by atoms with Crippen LogP contribution in [0.4, 0.5) is 5.69 Å². The standard InChI is InChI=1S/C7H12N4O2/c1-5(8)3-6-7(11(12)13)4-9-10(6)2/h4-5H,3,8H2,1-2H3/t5-/m1/s1. The molecule has 1 aromatic heterocycles. The minimum absolute atomic E-state index is 0.0415. The van der Waals surface area contributed by atoms with E-state index >= 15 is 0 Å². The highest BCUT2D eigenvalue weighted by molar-refractivity contribution is 5.33. The first-order valence-corrected chi connectivity index (χ1v) is 3.93. The van der Waals surface area contributed by atoms with Crippen molar-refractivity contribution in [3.8, 4) is 0 Å². The fourth-order valence-corrected chi connectivity index (χ4v) is 1.15. The van der Waals surface area contributed by atoms with Gasteiger partial charge in [0.15, 0.2) is 0 Å². The van der Waals surface area contributed by atoms with Crippen molar-refractivity contribution in [3.63, 3.8) is 0 Å². The maximum Gasteiger partial charge on any atom is 0.310 e. The summed E-state index contributed by atoms with van der Waals surface area (Å²) >= 11 is 0. The molecule has 0 fully saturated rings. The van der Waals surface area contributed by atoms with Crippen molar-refractivity contribution in [3.05, 3.63) is 22.0 Å². The largest absolute Gasteiger partial charge is 0.328 e. The first-order chi connectivity index (χ1) is 6.02. The smallest absolute Gasteiger partial charge is 0.310 e. The van der Waals surface area contributed by atoms with Crippen LogP contribution in [-0.2, 0) is 13.5 Å². The Bertz CT molecular complexity index is 318. The zero-order valence-corrected chi connectivity index (χ0v) is 7.60. The maximum absolute atomic E-state index is 10.5. The van der Waals surface area contributed by atoms with Gasteiger partial charge in [0.05, 0.1) is 4.92 Å². The Morgan fingerprint density at radius 2 is 2.46 bits per heavy atom. The molecule has 0 unspecified atom stereocenters. The zero-order chi connectivity index (χ0) is 10.0. The van der Waals surface area contributed by atoms with Crippen LogP contribution in [0.5, 0.6) is 0 Å². The van der Waals surface area contributed by atoms with E-state index in [1.54, 1.807) is 14.0 Å². The van der Waals surface area contributed by atoms with Gasteiger partial charge in [0.1, 0.15) is 11.9 Å². The summed E-state index contributed by atoms with van der Waals surface area (Å²) in [6.07, 6.45) is 1.71. The zero-order valence-electron chi connectivity index (χ0n) is 7.60. The molecule has 6 heteroatoms. The van der Waals surface area contributed by atoms with Gasteiger partial charge in [0.2, 0.25) is 0 Å². The lowest BCUT2D eigenvalue weighted by Gasteiger charge is -2.04.